The maximum atomic E-state index is 11.7. The van der Waals surface area contributed by atoms with Gasteiger partial charge >= 0.3 is 11.7 Å². The van der Waals surface area contributed by atoms with Crippen molar-refractivity contribution in [3.63, 3.8) is 0 Å². The number of esters is 1. The smallest absolute Gasteiger partial charge is 0.405 e. The highest BCUT2D eigenvalue weighted by Gasteiger charge is 2.30. The van der Waals surface area contributed by atoms with Crippen LogP contribution in [0.5, 0.6) is 0 Å². The SMILES string of the molecule is CC(C)[C@](C)(C#N)NC(=O)COC(=O)c1cccc[n+]1[O-]. The molecule has 0 saturated heterocycles. The lowest BCUT2D eigenvalue weighted by Crippen LogP contribution is -2.50. The summed E-state index contributed by atoms with van der Waals surface area (Å²) in [5, 5.41) is 22.9. The van der Waals surface area contributed by atoms with Crippen molar-refractivity contribution < 1.29 is 19.1 Å². The van der Waals surface area contributed by atoms with Gasteiger partial charge in [0.2, 0.25) is 0 Å². The number of carbonyl (C=O) groups is 2. The topological polar surface area (TPSA) is 106 Å². The predicted molar refractivity (Wildman–Crippen MR) is 72.7 cm³/mol. The van der Waals surface area contributed by atoms with Crippen molar-refractivity contribution in [2.24, 2.45) is 5.92 Å². The number of nitriles is 1. The van der Waals surface area contributed by atoms with Crippen LogP contribution in [-0.2, 0) is 9.53 Å². The summed E-state index contributed by atoms with van der Waals surface area (Å²) < 4.78 is 5.11. The van der Waals surface area contributed by atoms with Gasteiger partial charge in [-0.1, -0.05) is 13.8 Å². The summed E-state index contributed by atoms with van der Waals surface area (Å²) in [5.74, 6) is -1.61. The number of amides is 1. The minimum atomic E-state index is -1.05. The van der Waals surface area contributed by atoms with Crippen LogP contribution in [0.2, 0.25) is 0 Å². The van der Waals surface area contributed by atoms with E-state index in [-0.39, 0.29) is 11.6 Å². The minimum Gasteiger partial charge on any atom is -0.618 e. The summed E-state index contributed by atoms with van der Waals surface area (Å²) in [6, 6.07) is 6.28. The first-order chi connectivity index (χ1) is 9.80. The fourth-order valence-electron chi connectivity index (χ4n) is 1.42. The van der Waals surface area contributed by atoms with Crippen LogP contribution in [0.15, 0.2) is 24.4 Å². The molecule has 0 fully saturated rings. The zero-order valence-corrected chi connectivity index (χ0v) is 12.1. The second-order valence-corrected chi connectivity index (χ2v) is 5.00. The van der Waals surface area contributed by atoms with Crippen LogP contribution in [0.4, 0.5) is 0 Å². The predicted octanol–water partition coefficient (Wildman–Crippen LogP) is 0.531. The third-order valence-corrected chi connectivity index (χ3v) is 3.15. The van der Waals surface area contributed by atoms with Crippen LogP contribution in [0.3, 0.4) is 0 Å². The molecule has 0 bridgehead atoms. The highest BCUT2D eigenvalue weighted by atomic mass is 16.5. The van der Waals surface area contributed by atoms with Crippen molar-refractivity contribution in [3.8, 4) is 6.07 Å². The van der Waals surface area contributed by atoms with Crippen molar-refractivity contribution in [1.29, 1.82) is 5.26 Å². The van der Waals surface area contributed by atoms with Gasteiger partial charge in [0.25, 0.3) is 5.91 Å². The minimum absolute atomic E-state index is 0.111. The molecule has 1 N–H and O–H groups in total. The summed E-state index contributed by atoms with van der Waals surface area (Å²) in [6.45, 7) is 4.61. The summed E-state index contributed by atoms with van der Waals surface area (Å²) in [4.78, 5) is 23.4. The first kappa shape index (κ1) is 16.4. The molecule has 1 aromatic rings. The third-order valence-electron chi connectivity index (χ3n) is 3.15. The number of pyridine rings is 1. The molecule has 1 atom stereocenters. The third kappa shape index (κ3) is 4.18. The summed E-state index contributed by atoms with van der Waals surface area (Å²) in [5.41, 5.74) is -1.26. The van der Waals surface area contributed by atoms with E-state index in [9.17, 15) is 14.8 Å². The molecular weight excluding hydrogens is 274 g/mol. The Labute approximate surface area is 122 Å². The lowest BCUT2D eigenvalue weighted by Gasteiger charge is -2.27. The van der Waals surface area contributed by atoms with E-state index in [1.165, 1.54) is 18.2 Å². The van der Waals surface area contributed by atoms with Crippen LogP contribution in [0, 0.1) is 22.5 Å². The molecule has 0 radical (unpaired) electrons. The molecule has 112 valence electrons. The van der Waals surface area contributed by atoms with Crippen molar-refractivity contribution in [3.05, 3.63) is 35.3 Å². The van der Waals surface area contributed by atoms with Gasteiger partial charge in [-0.05, 0) is 18.9 Å². The van der Waals surface area contributed by atoms with Gasteiger partial charge in [0.15, 0.2) is 12.8 Å². The van der Waals surface area contributed by atoms with Gasteiger partial charge in [0, 0.05) is 12.1 Å². The average molecular weight is 291 g/mol. The second-order valence-electron chi connectivity index (χ2n) is 5.00. The lowest BCUT2D eigenvalue weighted by molar-refractivity contribution is -0.608. The Kier molecular flexibility index (Phi) is 5.24. The number of nitrogens with zero attached hydrogens (tertiary/aromatic N) is 2. The molecule has 0 aromatic carbocycles. The highest BCUT2D eigenvalue weighted by Crippen LogP contribution is 2.14. The number of nitrogens with one attached hydrogen (secondary N) is 1. The van der Waals surface area contributed by atoms with E-state index in [0.29, 0.717) is 4.73 Å². The molecule has 0 aliphatic rings. The summed E-state index contributed by atoms with van der Waals surface area (Å²) >= 11 is 0. The Hall–Kier alpha value is -2.62. The van der Waals surface area contributed by atoms with E-state index >= 15 is 0 Å². The standard InChI is InChI=1S/C14H17N3O4/c1-10(2)14(3,9-15)16-12(18)8-21-13(19)11-6-4-5-7-17(11)20/h4-7,10H,8H2,1-3H3,(H,16,18)/t14-/m0/s1. The Balaban J connectivity index is 2.60. The van der Waals surface area contributed by atoms with Gasteiger partial charge in [-0.3, -0.25) is 4.79 Å². The van der Waals surface area contributed by atoms with Crippen molar-refractivity contribution >= 4 is 11.9 Å². The average Bonchev–Trinajstić information content (AvgIpc) is 2.44. The van der Waals surface area contributed by atoms with E-state index in [1.807, 2.05) is 6.07 Å². The van der Waals surface area contributed by atoms with Gasteiger partial charge in [0.1, 0.15) is 5.54 Å². The zero-order chi connectivity index (χ0) is 16.0. The molecule has 7 heteroatoms. The number of rotatable bonds is 5. The van der Waals surface area contributed by atoms with E-state index in [0.717, 1.165) is 6.20 Å². The van der Waals surface area contributed by atoms with E-state index in [4.69, 9.17) is 10.00 Å². The number of hydrogen-bond donors (Lipinski definition) is 1. The van der Waals surface area contributed by atoms with Gasteiger partial charge < -0.3 is 15.3 Å². The molecule has 21 heavy (non-hydrogen) atoms. The quantitative estimate of drug-likeness (QED) is 0.484. The van der Waals surface area contributed by atoms with E-state index < -0.39 is 24.0 Å². The highest BCUT2D eigenvalue weighted by molar-refractivity contribution is 5.88. The van der Waals surface area contributed by atoms with Crippen LogP contribution >= 0.6 is 0 Å². The molecule has 1 heterocycles. The maximum Gasteiger partial charge on any atom is 0.405 e. The fraction of sp³-hybridized carbons (Fsp3) is 0.429. The molecule has 0 aliphatic carbocycles. The summed E-state index contributed by atoms with van der Waals surface area (Å²) in [7, 11) is 0. The Morgan fingerprint density at radius 3 is 2.71 bits per heavy atom. The number of carbonyl (C=O) groups excluding carboxylic acids is 2. The maximum absolute atomic E-state index is 11.7. The molecule has 0 spiro atoms. The molecular formula is C14H17N3O4. The van der Waals surface area contributed by atoms with Crippen LogP contribution < -0.4 is 10.0 Å². The van der Waals surface area contributed by atoms with Crippen LogP contribution in [-0.4, -0.2) is 24.0 Å². The van der Waals surface area contributed by atoms with E-state index in [1.54, 1.807) is 20.8 Å². The largest absolute Gasteiger partial charge is 0.618 e. The van der Waals surface area contributed by atoms with Crippen LogP contribution in [0.1, 0.15) is 31.3 Å². The lowest BCUT2D eigenvalue weighted by atomic mass is 9.90. The normalized spacial score (nSPS) is 13.1. The molecule has 7 nitrogen and oxygen atoms in total. The van der Waals surface area contributed by atoms with Gasteiger partial charge in [-0.2, -0.15) is 9.99 Å². The van der Waals surface area contributed by atoms with Gasteiger partial charge in [-0.15, -0.1) is 0 Å². The first-order valence-electron chi connectivity index (χ1n) is 6.37. The number of ether oxygens (including phenoxy) is 1. The number of hydrogen-bond acceptors (Lipinski definition) is 5. The summed E-state index contributed by atoms with van der Waals surface area (Å²) in [6.07, 6.45) is 1.15. The zero-order valence-electron chi connectivity index (χ0n) is 12.1. The molecule has 0 unspecified atom stereocenters. The molecule has 1 aromatic heterocycles. The van der Waals surface area contributed by atoms with Gasteiger partial charge in [-0.25, -0.2) is 4.79 Å². The molecule has 0 aliphatic heterocycles. The molecule has 0 saturated carbocycles. The van der Waals surface area contributed by atoms with Crippen molar-refractivity contribution in [2.75, 3.05) is 6.61 Å². The van der Waals surface area contributed by atoms with Crippen molar-refractivity contribution in [2.45, 2.75) is 26.3 Å². The van der Waals surface area contributed by atoms with Crippen molar-refractivity contribution in [1.82, 2.24) is 5.32 Å². The monoisotopic (exact) mass is 291 g/mol. The molecule has 1 rings (SSSR count). The molecule has 1 amide bonds. The Morgan fingerprint density at radius 1 is 1.52 bits per heavy atom. The Morgan fingerprint density at radius 2 is 2.19 bits per heavy atom. The first-order valence-corrected chi connectivity index (χ1v) is 6.37. The van der Waals surface area contributed by atoms with Crippen LogP contribution in [0.25, 0.3) is 0 Å². The van der Waals surface area contributed by atoms with Gasteiger partial charge in [0.05, 0.1) is 6.07 Å². The second kappa shape index (κ2) is 6.70. The number of aromatic nitrogens is 1. The van der Waals surface area contributed by atoms with E-state index in [2.05, 4.69) is 5.32 Å². The Bertz CT molecular complexity index is 580. The fourth-order valence-corrected chi connectivity index (χ4v) is 1.42.